The molecule has 6 atom stereocenters. The van der Waals surface area contributed by atoms with Gasteiger partial charge < -0.3 is 34.8 Å². The first-order valence-electron chi connectivity index (χ1n) is 12.5. The second-order valence-corrected chi connectivity index (χ2v) is 10.5. The molecule has 4 heterocycles. The third-order valence-corrected chi connectivity index (χ3v) is 7.67. The fourth-order valence-electron chi connectivity index (χ4n) is 4.47. The van der Waals surface area contributed by atoms with Crippen LogP contribution in [0, 0.1) is 0 Å². The summed E-state index contributed by atoms with van der Waals surface area (Å²) in [7, 11) is -1.44. The number of alkyl halides is 1. The summed E-state index contributed by atoms with van der Waals surface area (Å²) in [6.45, 7) is 3.97. The van der Waals surface area contributed by atoms with Crippen LogP contribution in [0.25, 0.3) is 11.2 Å². The number of aliphatic hydroxyl groups excluding tert-OH is 1. The number of benzene rings is 1. The average Bonchev–Trinajstić information content (AvgIpc) is 3.39. The fraction of sp³-hybridized carbons (Fsp3) is 0.500. The second kappa shape index (κ2) is 11.1. The molecule has 40 heavy (non-hydrogen) atoms. The normalized spacial score (nSPS) is 25.5. The Kier molecular flexibility index (Phi) is 7.73. The summed E-state index contributed by atoms with van der Waals surface area (Å²) >= 11 is 0. The number of carbonyl (C=O) groups excluding carboxylic acids is 1. The van der Waals surface area contributed by atoms with Gasteiger partial charge in [-0.2, -0.15) is 9.97 Å². The second-order valence-electron chi connectivity index (χ2n) is 9.59. The molecule has 2 saturated heterocycles. The number of nitrogen functional groups attached to an aromatic ring is 1. The summed E-state index contributed by atoms with van der Waals surface area (Å²) in [5.74, 6) is 0.137. The van der Waals surface area contributed by atoms with Gasteiger partial charge in [0, 0.05) is 13.1 Å². The van der Waals surface area contributed by atoms with E-state index in [4.69, 9.17) is 19.7 Å². The van der Waals surface area contributed by atoms with Crippen molar-refractivity contribution in [1.29, 1.82) is 0 Å². The van der Waals surface area contributed by atoms with Crippen LogP contribution in [0.5, 0.6) is 11.5 Å². The number of ether oxygens (including phenoxy) is 3. The number of hydrogen-bond donors (Lipinski definition) is 2. The topological polar surface area (TPSA) is 182 Å². The number of nitrogens with zero attached hydrogens (tertiary/aromatic N) is 6. The molecule has 214 valence electrons. The highest BCUT2D eigenvalue weighted by molar-refractivity contribution is 7.34. The van der Waals surface area contributed by atoms with E-state index < -0.39 is 44.3 Å². The number of halogens is 1. The molecule has 1 aromatic carbocycles. The molecule has 16 heteroatoms. The zero-order valence-corrected chi connectivity index (χ0v) is 22.9. The third kappa shape index (κ3) is 5.24. The van der Waals surface area contributed by atoms with Crippen LogP contribution in [0.2, 0.25) is 0 Å². The zero-order valence-electron chi connectivity index (χ0n) is 22.0. The lowest BCUT2D eigenvalue weighted by molar-refractivity contribution is -0.169. The van der Waals surface area contributed by atoms with E-state index in [1.165, 1.54) is 44.0 Å². The van der Waals surface area contributed by atoms with Crippen LogP contribution in [0.3, 0.4) is 0 Å². The molecule has 5 rings (SSSR count). The number of carbonyl (C=O) groups is 1. The first kappa shape index (κ1) is 27.9. The van der Waals surface area contributed by atoms with Crippen molar-refractivity contribution >= 4 is 37.1 Å². The number of fused-ring (bicyclic) bond motifs is 1. The minimum absolute atomic E-state index is 0.0118. The summed E-state index contributed by atoms with van der Waals surface area (Å²) in [5, 5.41) is 10.9. The number of hydrogen-bond acceptors (Lipinski definition) is 13. The number of rotatable bonds is 9. The maximum Gasteiger partial charge on any atom is 0.395 e. The molecule has 0 bridgehead atoms. The number of anilines is 2. The van der Waals surface area contributed by atoms with Crippen molar-refractivity contribution < 1.29 is 37.9 Å². The third-order valence-electron chi connectivity index (χ3n) is 6.78. The smallest absolute Gasteiger partial charge is 0.395 e. The molecule has 2 aromatic heterocycles. The SMILES string of the molecule is COC(=O)[C@H](C)N=[P+]([O-])Oc1ccccc1OC[C@H]1O[C@@H](n2cnc3c(N4CCC4)nc(N)nc32)[C@](C)(F)[C@@H]1O. The van der Waals surface area contributed by atoms with E-state index >= 15 is 4.39 Å². The number of para-hydroxylation sites is 2. The number of aliphatic hydroxyl groups is 1. The van der Waals surface area contributed by atoms with Crippen LogP contribution in [0.4, 0.5) is 16.2 Å². The van der Waals surface area contributed by atoms with Crippen molar-refractivity contribution in [2.24, 2.45) is 4.74 Å². The molecule has 2 fully saturated rings. The zero-order chi connectivity index (χ0) is 28.6. The molecule has 1 unspecified atom stereocenters. The molecule has 0 spiro atoms. The monoisotopic (exact) mass is 577 g/mol. The van der Waals surface area contributed by atoms with E-state index in [-0.39, 0.29) is 29.7 Å². The molecule has 2 aliphatic rings. The predicted octanol–water partition coefficient (Wildman–Crippen LogP) is 1.48. The number of imidazole rings is 1. The van der Waals surface area contributed by atoms with Gasteiger partial charge in [-0.25, -0.2) is 14.2 Å². The van der Waals surface area contributed by atoms with Gasteiger partial charge in [-0.3, -0.25) is 9.09 Å². The van der Waals surface area contributed by atoms with E-state index in [1.54, 1.807) is 12.1 Å². The van der Waals surface area contributed by atoms with E-state index in [2.05, 4.69) is 24.4 Å². The lowest BCUT2D eigenvalue weighted by atomic mass is 9.98. The van der Waals surface area contributed by atoms with Crippen molar-refractivity contribution in [2.45, 2.75) is 50.4 Å². The van der Waals surface area contributed by atoms with Crippen LogP contribution < -0.4 is 24.8 Å². The average molecular weight is 578 g/mol. The number of aromatic nitrogens is 4. The van der Waals surface area contributed by atoms with Gasteiger partial charge in [-0.15, -0.1) is 0 Å². The van der Waals surface area contributed by atoms with Gasteiger partial charge in [0.15, 0.2) is 40.7 Å². The Balaban J connectivity index is 1.33. The standard InChI is InChI=1S/C24H29FN7O7P/c1-13(21(34)36-3)30-40(35)39-15-8-5-4-7-14(15)37-11-16-18(33)24(2,25)22(38-16)32-12-27-17-19(31-9-6-10-31)28-23(26)29-20(17)32/h4-5,7-8,12-13,16,18,22,33H,6,9-11H2,1-3H3,(H2,26,28,29)/t13-,16+,18+,22+,24+/m0/s1. The van der Waals surface area contributed by atoms with Gasteiger partial charge in [-0.05, 0) is 32.4 Å². The molecule has 0 amide bonds. The number of nitrogens with two attached hydrogens (primary N) is 1. The summed E-state index contributed by atoms with van der Waals surface area (Å²) in [6.07, 6.45) is -1.57. The molecule has 0 radical (unpaired) electrons. The number of methoxy groups -OCH3 is 1. The Labute approximate surface area is 229 Å². The molecular weight excluding hydrogens is 548 g/mol. The highest BCUT2D eigenvalue weighted by atomic mass is 31.1. The molecule has 0 saturated carbocycles. The maximum absolute atomic E-state index is 16.0. The Bertz CT molecular complexity index is 1430. The highest BCUT2D eigenvalue weighted by Crippen LogP contribution is 2.43. The van der Waals surface area contributed by atoms with Gasteiger partial charge in [-0.1, -0.05) is 16.9 Å². The Morgan fingerprint density at radius 3 is 2.77 bits per heavy atom. The van der Waals surface area contributed by atoms with Crippen molar-refractivity contribution in [2.75, 3.05) is 37.4 Å². The van der Waals surface area contributed by atoms with Gasteiger partial charge in [0.05, 0.1) is 13.4 Å². The van der Waals surface area contributed by atoms with Crippen LogP contribution in [-0.4, -0.2) is 81.3 Å². The Hall–Kier alpha value is -3.65. The van der Waals surface area contributed by atoms with Crippen molar-refractivity contribution in [1.82, 2.24) is 19.5 Å². The molecule has 14 nitrogen and oxygen atoms in total. The van der Waals surface area contributed by atoms with Crippen LogP contribution >= 0.6 is 8.17 Å². The maximum atomic E-state index is 16.0. The Morgan fingerprint density at radius 1 is 1.38 bits per heavy atom. The minimum atomic E-state index is -2.63. The molecule has 3 N–H and O–H groups in total. The largest absolute Gasteiger partial charge is 0.575 e. The minimum Gasteiger partial charge on any atom is -0.575 e. The van der Waals surface area contributed by atoms with Crippen molar-refractivity contribution in [3.63, 3.8) is 0 Å². The summed E-state index contributed by atoms with van der Waals surface area (Å²) < 4.78 is 42.8. The fourth-order valence-corrected chi connectivity index (χ4v) is 5.22. The van der Waals surface area contributed by atoms with E-state index in [0.29, 0.717) is 11.3 Å². The first-order valence-corrected chi connectivity index (χ1v) is 13.7. The molecule has 2 aliphatic heterocycles. The van der Waals surface area contributed by atoms with E-state index in [9.17, 15) is 14.8 Å². The van der Waals surface area contributed by atoms with E-state index in [0.717, 1.165) is 19.5 Å². The molecule has 0 aliphatic carbocycles. The summed E-state index contributed by atoms with van der Waals surface area (Å²) in [5.41, 5.74) is 4.43. The molecular formula is C24H29FN7O7P. The summed E-state index contributed by atoms with van der Waals surface area (Å²) in [6, 6.07) is 5.30. The predicted molar refractivity (Wildman–Crippen MR) is 139 cm³/mol. The first-order chi connectivity index (χ1) is 19.1. The number of esters is 1. The van der Waals surface area contributed by atoms with Crippen molar-refractivity contribution in [3.05, 3.63) is 30.6 Å². The highest BCUT2D eigenvalue weighted by Gasteiger charge is 2.55. The Morgan fingerprint density at radius 2 is 2.10 bits per heavy atom. The lowest BCUT2D eigenvalue weighted by Crippen LogP contribution is -2.41. The van der Waals surface area contributed by atoms with Gasteiger partial charge in [0.25, 0.3) is 0 Å². The van der Waals surface area contributed by atoms with Crippen LogP contribution in [0.1, 0.15) is 26.5 Å². The quantitative estimate of drug-likeness (QED) is 0.276. The van der Waals surface area contributed by atoms with Crippen LogP contribution in [0.15, 0.2) is 35.3 Å². The van der Waals surface area contributed by atoms with Crippen LogP contribution in [-0.2, 0) is 14.3 Å². The van der Waals surface area contributed by atoms with Gasteiger partial charge in [0.2, 0.25) is 11.7 Å². The van der Waals surface area contributed by atoms with E-state index in [1.807, 2.05) is 4.90 Å². The lowest BCUT2D eigenvalue weighted by Gasteiger charge is -2.32. The van der Waals surface area contributed by atoms with Gasteiger partial charge >= 0.3 is 14.1 Å². The van der Waals surface area contributed by atoms with Crippen molar-refractivity contribution in [3.8, 4) is 11.5 Å². The summed E-state index contributed by atoms with van der Waals surface area (Å²) in [4.78, 5) is 38.8. The van der Waals surface area contributed by atoms with Gasteiger partial charge in [0.1, 0.15) is 18.8 Å². The molecule has 3 aromatic rings.